The molecule has 1 amide bonds. The minimum atomic E-state index is -3.92. The lowest BCUT2D eigenvalue weighted by Gasteiger charge is -2.33. The van der Waals surface area contributed by atoms with Crippen molar-refractivity contribution in [2.24, 2.45) is 5.92 Å². The number of nitriles is 1. The summed E-state index contributed by atoms with van der Waals surface area (Å²) < 4.78 is 34.3. The zero-order chi connectivity index (χ0) is 23.6. The summed E-state index contributed by atoms with van der Waals surface area (Å²) in [5.41, 5.74) is 1.10. The molecule has 2 fully saturated rings. The molecule has 9 heteroatoms. The summed E-state index contributed by atoms with van der Waals surface area (Å²) in [4.78, 5) is 12.2. The van der Waals surface area contributed by atoms with Crippen molar-refractivity contribution < 1.29 is 17.9 Å². The number of rotatable bonds is 6. The normalized spacial score (nSPS) is 17.7. The quantitative estimate of drug-likeness (QED) is 0.651. The van der Waals surface area contributed by atoms with E-state index in [0.29, 0.717) is 23.6 Å². The van der Waals surface area contributed by atoms with Crippen LogP contribution in [0.1, 0.15) is 43.2 Å². The Morgan fingerprint density at radius 2 is 1.88 bits per heavy atom. The van der Waals surface area contributed by atoms with E-state index in [1.165, 1.54) is 22.5 Å². The van der Waals surface area contributed by atoms with E-state index in [4.69, 9.17) is 16.3 Å². The predicted octanol–water partition coefficient (Wildman–Crippen LogP) is 4.38. The van der Waals surface area contributed by atoms with Gasteiger partial charge in [0.25, 0.3) is 0 Å². The van der Waals surface area contributed by atoms with Crippen LogP contribution in [-0.4, -0.2) is 37.8 Å². The maximum Gasteiger partial charge on any atom is 0.246 e. The molecule has 2 aromatic rings. The fourth-order valence-corrected chi connectivity index (χ4v) is 6.01. The smallest absolute Gasteiger partial charge is 0.246 e. The SMILES string of the molecule is Cc1cc(Cl)cc(Oc2ccc(C#N)cc2S(=O)(=O)N2CCC(NC(=O)C3CCC3)CC2)c1. The van der Waals surface area contributed by atoms with E-state index in [1.54, 1.807) is 18.2 Å². The van der Waals surface area contributed by atoms with Crippen LogP contribution >= 0.6 is 11.6 Å². The number of aryl methyl sites for hydroxylation is 1. The van der Waals surface area contributed by atoms with Crippen LogP contribution in [0.2, 0.25) is 5.02 Å². The molecule has 0 aromatic heterocycles. The number of piperidine rings is 1. The van der Waals surface area contributed by atoms with Crippen LogP contribution in [0.25, 0.3) is 0 Å². The van der Waals surface area contributed by atoms with Gasteiger partial charge in [0.05, 0.1) is 11.6 Å². The third kappa shape index (κ3) is 5.32. The van der Waals surface area contributed by atoms with Crippen molar-refractivity contribution in [3.8, 4) is 17.6 Å². The molecule has 2 aromatic carbocycles. The molecule has 0 radical (unpaired) electrons. The number of benzene rings is 2. The number of halogens is 1. The maximum absolute atomic E-state index is 13.5. The zero-order valence-electron chi connectivity index (χ0n) is 18.4. The highest BCUT2D eigenvalue weighted by Crippen LogP contribution is 2.34. The fraction of sp³-hybridized carbons (Fsp3) is 0.417. The molecular formula is C24H26ClN3O4S. The van der Waals surface area contributed by atoms with Crippen LogP contribution in [0, 0.1) is 24.2 Å². The van der Waals surface area contributed by atoms with Crippen LogP contribution in [0.5, 0.6) is 11.5 Å². The third-order valence-corrected chi connectivity index (χ3v) is 8.35. The molecule has 0 bridgehead atoms. The van der Waals surface area contributed by atoms with Crippen LogP contribution in [-0.2, 0) is 14.8 Å². The van der Waals surface area contributed by atoms with E-state index < -0.39 is 10.0 Å². The Morgan fingerprint density at radius 3 is 2.48 bits per heavy atom. The van der Waals surface area contributed by atoms with Crippen molar-refractivity contribution in [1.29, 1.82) is 5.26 Å². The highest BCUT2D eigenvalue weighted by molar-refractivity contribution is 7.89. The van der Waals surface area contributed by atoms with Gasteiger partial charge in [-0.05, 0) is 74.6 Å². The molecule has 0 unspecified atom stereocenters. The molecule has 33 heavy (non-hydrogen) atoms. The molecule has 1 saturated carbocycles. The van der Waals surface area contributed by atoms with Crippen LogP contribution < -0.4 is 10.1 Å². The van der Waals surface area contributed by atoms with Gasteiger partial charge in [0.15, 0.2) is 0 Å². The fourth-order valence-electron chi connectivity index (χ4n) is 4.12. The first kappa shape index (κ1) is 23.6. The second-order valence-corrected chi connectivity index (χ2v) is 11.0. The Kier molecular flexibility index (Phi) is 6.94. The van der Waals surface area contributed by atoms with Gasteiger partial charge in [-0.2, -0.15) is 9.57 Å². The molecule has 7 nitrogen and oxygen atoms in total. The highest BCUT2D eigenvalue weighted by Gasteiger charge is 2.34. The number of ether oxygens (including phenoxy) is 1. The summed E-state index contributed by atoms with van der Waals surface area (Å²) in [5, 5.41) is 12.9. The number of carbonyl (C=O) groups is 1. The topological polar surface area (TPSA) is 99.5 Å². The van der Waals surface area contributed by atoms with E-state index >= 15 is 0 Å². The summed E-state index contributed by atoms with van der Waals surface area (Å²) in [6.45, 7) is 2.43. The third-order valence-electron chi connectivity index (χ3n) is 6.21. The lowest BCUT2D eigenvalue weighted by atomic mass is 9.84. The molecular weight excluding hydrogens is 462 g/mol. The zero-order valence-corrected chi connectivity index (χ0v) is 20.0. The minimum Gasteiger partial charge on any atom is -0.456 e. The van der Waals surface area contributed by atoms with E-state index in [2.05, 4.69) is 5.32 Å². The molecule has 174 valence electrons. The van der Waals surface area contributed by atoms with Crippen LogP contribution in [0.3, 0.4) is 0 Å². The second kappa shape index (κ2) is 9.72. The highest BCUT2D eigenvalue weighted by atomic mass is 35.5. The van der Waals surface area contributed by atoms with Gasteiger partial charge in [-0.3, -0.25) is 4.79 Å². The molecule has 1 N–H and O–H groups in total. The monoisotopic (exact) mass is 487 g/mol. The van der Waals surface area contributed by atoms with Crippen molar-refractivity contribution >= 4 is 27.5 Å². The molecule has 1 saturated heterocycles. The van der Waals surface area contributed by atoms with E-state index in [-0.39, 0.29) is 47.2 Å². The Balaban J connectivity index is 1.53. The first-order valence-electron chi connectivity index (χ1n) is 11.1. The van der Waals surface area contributed by atoms with E-state index in [1.807, 2.05) is 13.0 Å². The number of amides is 1. The molecule has 1 aliphatic heterocycles. The van der Waals surface area contributed by atoms with Gasteiger partial charge in [0, 0.05) is 30.1 Å². The van der Waals surface area contributed by atoms with Crippen LogP contribution in [0.4, 0.5) is 0 Å². The van der Waals surface area contributed by atoms with Crippen molar-refractivity contribution in [2.45, 2.75) is 50.0 Å². The van der Waals surface area contributed by atoms with Crippen molar-refractivity contribution in [1.82, 2.24) is 9.62 Å². The van der Waals surface area contributed by atoms with Gasteiger partial charge in [0.2, 0.25) is 15.9 Å². The molecule has 0 atom stereocenters. The second-order valence-electron chi connectivity index (χ2n) is 8.65. The van der Waals surface area contributed by atoms with Gasteiger partial charge in [-0.15, -0.1) is 0 Å². The molecule has 0 spiro atoms. The standard InChI is InChI=1S/C24H26ClN3O4S/c1-16-11-19(25)14-21(12-16)32-22-6-5-17(15-26)13-23(22)33(30,31)28-9-7-20(8-10-28)27-24(29)18-3-2-4-18/h5-6,11-14,18,20H,2-4,7-10H2,1H3,(H,27,29). The Hall–Kier alpha value is -2.60. The first-order chi connectivity index (χ1) is 15.8. The maximum atomic E-state index is 13.5. The van der Waals surface area contributed by atoms with Crippen molar-refractivity contribution in [2.75, 3.05) is 13.1 Å². The Morgan fingerprint density at radius 1 is 1.15 bits per heavy atom. The largest absolute Gasteiger partial charge is 0.456 e. The van der Waals surface area contributed by atoms with E-state index in [0.717, 1.165) is 24.8 Å². The molecule has 1 aliphatic carbocycles. The van der Waals surface area contributed by atoms with Gasteiger partial charge in [0.1, 0.15) is 16.4 Å². The van der Waals surface area contributed by atoms with Gasteiger partial charge in [-0.1, -0.05) is 18.0 Å². The number of nitrogens with one attached hydrogen (secondary N) is 1. The predicted molar refractivity (Wildman–Crippen MR) is 125 cm³/mol. The summed E-state index contributed by atoms with van der Waals surface area (Å²) in [5.74, 6) is 0.738. The van der Waals surface area contributed by atoms with Crippen molar-refractivity contribution in [3.63, 3.8) is 0 Å². The minimum absolute atomic E-state index is 0.0276. The number of nitrogens with zero attached hydrogens (tertiary/aromatic N) is 2. The molecule has 2 aliphatic rings. The van der Waals surface area contributed by atoms with Gasteiger partial charge < -0.3 is 10.1 Å². The summed E-state index contributed by atoms with van der Waals surface area (Å²) >= 11 is 6.12. The first-order valence-corrected chi connectivity index (χ1v) is 12.9. The lowest BCUT2D eigenvalue weighted by molar-refractivity contribution is -0.128. The van der Waals surface area contributed by atoms with Crippen molar-refractivity contribution in [3.05, 3.63) is 52.5 Å². The average Bonchev–Trinajstić information content (AvgIpc) is 2.72. The molecule has 4 rings (SSSR count). The summed E-state index contributed by atoms with van der Waals surface area (Å²) in [6.07, 6.45) is 4.04. The number of hydrogen-bond donors (Lipinski definition) is 1. The lowest BCUT2D eigenvalue weighted by Crippen LogP contribution is -2.48. The van der Waals surface area contributed by atoms with Crippen LogP contribution in [0.15, 0.2) is 41.3 Å². The van der Waals surface area contributed by atoms with Gasteiger partial charge >= 0.3 is 0 Å². The number of carbonyl (C=O) groups excluding carboxylic acids is 1. The average molecular weight is 488 g/mol. The Bertz CT molecular complexity index is 1180. The van der Waals surface area contributed by atoms with E-state index in [9.17, 15) is 18.5 Å². The summed E-state index contributed by atoms with van der Waals surface area (Å²) in [7, 11) is -3.92. The molecule has 1 heterocycles. The Labute approximate surface area is 199 Å². The number of sulfonamides is 1. The van der Waals surface area contributed by atoms with Gasteiger partial charge in [-0.25, -0.2) is 8.42 Å². The summed E-state index contributed by atoms with van der Waals surface area (Å²) in [6, 6.07) is 11.5. The number of hydrogen-bond acceptors (Lipinski definition) is 5.